The molecule has 1 heterocycles. The molecule has 3 aromatic rings. The molecule has 0 aliphatic carbocycles. The van der Waals surface area contributed by atoms with Crippen LogP contribution in [0.5, 0.6) is 23.0 Å². The summed E-state index contributed by atoms with van der Waals surface area (Å²) in [6.45, 7) is -0.122. The SMILES string of the molecule is COc1ccc(OCC(=O)Nc2ccc(OC)c(-c3c(OC)cnn3C)c2)cc1. The minimum atomic E-state index is -0.283. The molecule has 29 heavy (non-hydrogen) atoms. The molecule has 1 aromatic heterocycles. The summed E-state index contributed by atoms with van der Waals surface area (Å²) in [5.41, 5.74) is 2.10. The highest BCUT2D eigenvalue weighted by Crippen LogP contribution is 2.37. The molecular weight excluding hydrogens is 374 g/mol. The van der Waals surface area contributed by atoms with Crippen LogP contribution < -0.4 is 24.3 Å². The predicted octanol–water partition coefficient (Wildman–Crippen LogP) is 3.13. The molecule has 3 rings (SSSR count). The van der Waals surface area contributed by atoms with E-state index in [4.69, 9.17) is 18.9 Å². The van der Waals surface area contributed by atoms with Crippen molar-refractivity contribution in [2.45, 2.75) is 0 Å². The number of methoxy groups -OCH3 is 3. The van der Waals surface area contributed by atoms with Crippen LogP contribution in [0.25, 0.3) is 11.3 Å². The van der Waals surface area contributed by atoms with Gasteiger partial charge in [0.25, 0.3) is 5.91 Å². The van der Waals surface area contributed by atoms with Gasteiger partial charge in [0, 0.05) is 18.3 Å². The van der Waals surface area contributed by atoms with E-state index in [-0.39, 0.29) is 12.5 Å². The molecule has 0 aliphatic heterocycles. The van der Waals surface area contributed by atoms with Gasteiger partial charge in [-0.05, 0) is 42.5 Å². The fourth-order valence-corrected chi connectivity index (χ4v) is 2.86. The molecule has 2 aromatic carbocycles. The van der Waals surface area contributed by atoms with Crippen LogP contribution >= 0.6 is 0 Å². The minimum absolute atomic E-state index is 0.122. The monoisotopic (exact) mass is 397 g/mol. The van der Waals surface area contributed by atoms with Crippen LogP contribution in [0.3, 0.4) is 0 Å². The first kappa shape index (κ1) is 20.1. The molecule has 1 N–H and O–H groups in total. The number of anilines is 1. The minimum Gasteiger partial charge on any atom is -0.497 e. The summed E-state index contributed by atoms with van der Waals surface area (Å²) in [4.78, 5) is 12.3. The van der Waals surface area contributed by atoms with Crippen molar-refractivity contribution in [1.82, 2.24) is 9.78 Å². The Bertz CT molecular complexity index is 982. The van der Waals surface area contributed by atoms with Crippen molar-refractivity contribution < 1.29 is 23.7 Å². The number of carbonyl (C=O) groups excluding carboxylic acids is 1. The quantitative estimate of drug-likeness (QED) is 0.629. The lowest BCUT2D eigenvalue weighted by molar-refractivity contribution is -0.118. The number of hydrogen-bond donors (Lipinski definition) is 1. The average Bonchev–Trinajstić information content (AvgIpc) is 3.12. The van der Waals surface area contributed by atoms with Gasteiger partial charge in [-0.15, -0.1) is 0 Å². The van der Waals surface area contributed by atoms with Crippen LogP contribution in [0.1, 0.15) is 0 Å². The lowest BCUT2D eigenvalue weighted by Gasteiger charge is -2.13. The third-order valence-corrected chi connectivity index (χ3v) is 4.29. The highest BCUT2D eigenvalue weighted by atomic mass is 16.5. The van der Waals surface area contributed by atoms with Crippen molar-refractivity contribution >= 4 is 11.6 Å². The van der Waals surface area contributed by atoms with Gasteiger partial charge in [0.1, 0.15) is 22.9 Å². The molecule has 0 unspecified atom stereocenters. The summed E-state index contributed by atoms with van der Waals surface area (Å²) in [5, 5.41) is 7.06. The van der Waals surface area contributed by atoms with Gasteiger partial charge in [0.2, 0.25) is 0 Å². The van der Waals surface area contributed by atoms with Gasteiger partial charge in [-0.1, -0.05) is 0 Å². The molecule has 0 saturated carbocycles. The molecular formula is C21H23N3O5. The zero-order chi connectivity index (χ0) is 20.8. The zero-order valence-corrected chi connectivity index (χ0v) is 16.8. The van der Waals surface area contributed by atoms with Crippen LogP contribution in [0, 0.1) is 0 Å². The van der Waals surface area contributed by atoms with Crippen molar-refractivity contribution in [3.63, 3.8) is 0 Å². The van der Waals surface area contributed by atoms with Gasteiger partial charge in [-0.2, -0.15) is 5.10 Å². The number of carbonyl (C=O) groups is 1. The van der Waals surface area contributed by atoms with Crippen molar-refractivity contribution in [2.24, 2.45) is 7.05 Å². The fourth-order valence-electron chi connectivity index (χ4n) is 2.86. The summed E-state index contributed by atoms with van der Waals surface area (Å²) in [5.74, 6) is 2.26. The second-order valence-electron chi connectivity index (χ2n) is 6.11. The number of aryl methyl sites for hydroxylation is 1. The van der Waals surface area contributed by atoms with E-state index >= 15 is 0 Å². The van der Waals surface area contributed by atoms with Crippen LogP contribution in [0.15, 0.2) is 48.7 Å². The number of rotatable bonds is 8. The number of ether oxygens (including phenoxy) is 4. The number of nitrogens with one attached hydrogen (secondary N) is 1. The Kier molecular flexibility index (Phi) is 6.23. The summed E-state index contributed by atoms with van der Waals surface area (Å²) >= 11 is 0. The largest absolute Gasteiger partial charge is 0.497 e. The summed E-state index contributed by atoms with van der Waals surface area (Å²) in [7, 11) is 6.57. The van der Waals surface area contributed by atoms with Gasteiger partial charge in [-0.3, -0.25) is 9.48 Å². The van der Waals surface area contributed by atoms with E-state index in [1.807, 2.05) is 13.1 Å². The Morgan fingerprint density at radius 2 is 1.66 bits per heavy atom. The Morgan fingerprint density at radius 3 is 2.31 bits per heavy atom. The molecule has 0 bridgehead atoms. The van der Waals surface area contributed by atoms with Gasteiger partial charge in [-0.25, -0.2) is 0 Å². The maximum absolute atomic E-state index is 12.3. The number of aromatic nitrogens is 2. The van der Waals surface area contributed by atoms with Crippen LogP contribution in [0.4, 0.5) is 5.69 Å². The number of hydrogen-bond acceptors (Lipinski definition) is 6. The Balaban J connectivity index is 1.73. The van der Waals surface area contributed by atoms with E-state index in [0.29, 0.717) is 22.9 Å². The lowest BCUT2D eigenvalue weighted by Crippen LogP contribution is -2.20. The standard InChI is InChI=1S/C21H23N3O5/c1-24-21(19(28-4)12-22-24)17-11-14(5-10-18(17)27-3)23-20(25)13-29-16-8-6-15(26-2)7-9-16/h5-12H,13H2,1-4H3,(H,23,25). The number of nitrogens with zero attached hydrogens (tertiary/aromatic N) is 2. The molecule has 0 fully saturated rings. The maximum Gasteiger partial charge on any atom is 0.262 e. The van der Waals surface area contributed by atoms with E-state index in [2.05, 4.69) is 10.4 Å². The van der Waals surface area contributed by atoms with Crippen LogP contribution in [0.2, 0.25) is 0 Å². The Morgan fingerprint density at radius 1 is 0.966 bits per heavy atom. The van der Waals surface area contributed by atoms with Crippen LogP contribution in [-0.2, 0) is 11.8 Å². The van der Waals surface area contributed by atoms with E-state index in [1.54, 1.807) is 68.6 Å². The summed E-state index contributed by atoms with van der Waals surface area (Å²) < 4.78 is 23.2. The topological polar surface area (TPSA) is 83.8 Å². The first-order chi connectivity index (χ1) is 14.0. The second-order valence-corrected chi connectivity index (χ2v) is 6.11. The Hall–Kier alpha value is -3.68. The van der Waals surface area contributed by atoms with E-state index in [9.17, 15) is 4.79 Å². The molecule has 8 nitrogen and oxygen atoms in total. The van der Waals surface area contributed by atoms with Gasteiger partial charge in [0.15, 0.2) is 12.4 Å². The fraction of sp³-hybridized carbons (Fsp3) is 0.238. The third-order valence-electron chi connectivity index (χ3n) is 4.29. The highest BCUT2D eigenvalue weighted by Gasteiger charge is 2.17. The lowest BCUT2D eigenvalue weighted by atomic mass is 10.1. The van der Waals surface area contributed by atoms with Crippen LogP contribution in [-0.4, -0.2) is 43.6 Å². The molecule has 0 radical (unpaired) electrons. The smallest absolute Gasteiger partial charge is 0.262 e. The normalized spacial score (nSPS) is 10.3. The van der Waals surface area contributed by atoms with Gasteiger partial charge in [0.05, 0.1) is 27.5 Å². The molecule has 1 amide bonds. The second kappa shape index (κ2) is 9.01. The first-order valence-electron chi connectivity index (χ1n) is 8.86. The summed E-state index contributed by atoms with van der Waals surface area (Å²) in [6, 6.07) is 12.4. The third kappa shape index (κ3) is 4.60. The summed E-state index contributed by atoms with van der Waals surface area (Å²) in [6.07, 6.45) is 1.63. The Labute approximate surface area is 169 Å². The average molecular weight is 397 g/mol. The van der Waals surface area contributed by atoms with Crippen molar-refractivity contribution in [3.05, 3.63) is 48.7 Å². The van der Waals surface area contributed by atoms with E-state index in [1.165, 1.54) is 0 Å². The van der Waals surface area contributed by atoms with Crippen molar-refractivity contribution in [3.8, 4) is 34.3 Å². The van der Waals surface area contributed by atoms with Gasteiger partial charge >= 0.3 is 0 Å². The highest BCUT2D eigenvalue weighted by molar-refractivity contribution is 5.93. The molecule has 8 heteroatoms. The van der Waals surface area contributed by atoms with Gasteiger partial charge < -0.3 is 24.3 Å². The molecule has 0 saturated heterocycles. The maximum atomic E-state index is 12.3. The van der Waals surface area contributed by atoms with E-state index in [0.717, 1.165) is 17.0 Å². The molecule has 0 spiro atoms. The zero-order valence-electron chi connectivity index (χ0n) is 16.8. The first-order valence-corrected chi connectivity index (χ1v) is 8.86. The number of benzene rings is 2. The molecule has 0 atom stereocenters. The number of amides is 1. The van der Waals surface area contributed by atoms with Crippen molar-refractivity contribution in [2.75, 3.05) is 33.3 Å². The molecule has 152 valence electrons. The van der Waals surface area contributed by atoms with Crippen molar-refractivity contribution in [1.29, 1.82) is 0 Å². The predicted molar refractivity (Wildman–Crippen MR) is 109 cm³/mol. The van der Waals surface area contributed by atoms with E-state index < -0.39 is 0 Å². The molecule has 0 aliphatic rings.